The van der Waals surface area contributed by atoms with E-state index < -0.39 is 0 Å². The zero-order valence-corrected chi connectivity index (χ0v) is 6.86. The van der Waals surface area contributed by atoms with Gasteiger partial charge in [0.1, 0.15) is 0 Å². The van der Waals surface area contributed by atoms with E-state index in [0.29, 0.717) is 0 Å². The molecule has 5 heteroatoms. The molecule has 0 aromatic carbocycles. The summed E-state index contributed by atoms with van der Waals surface area (Å²) in [5.74, 6) is 0. The van der Waals surface area contributed by atoms with Crippen molar-refractivity contribution < 1.29 is 68.9 Å². The van der Waals surface area contributed by atoms with Crippen LogP contribution in [-0.4, -0.2) is 5.48 Å². The Kier molecular flexibility index (Phi) is 646. The normalized spacial score (nSPS) is 0. The Morgan fingerprint density at radius 1 is 0.600 bits per heavy atom. The molecule has 2 N–H and O–H groups in total. The Bertz CT molecular complexity index is 6.85. The van der Waals surface area contributed by atoms with Gasteiger partial charge in [0.2, 0.25) is 0 Å². The molecule has 0 aromatic rings. The average molecular weight is 216 g/mol. The monoisotopic (exact) mass is 213 g/mol. The first-order valence-electron chi connectivity index (χ1n) is 0. The molecule has 0 unspecified atom stereocenters. The van der Waals surface area contributed by atoms with Crippen molar-refractivity contribution in [1.82, 2.24) is 0 Å². The second-order valence-electron chi connectivity index (χ2n) is 0. The predicted molar refractivity (Wildman–Crippen MR) is 3.61 cm³/mol. The molecule has 5 heavy (non-hydrogen) atoms. The van der Waals surface area contributed by atoms with Crippen molar-refractivity contribution in [3.63, 3.8) is 0 Å². The van der Waals surface area contributed by atoms with Crippen LogP contribution in [-0.2, 0) is 26.2 Å². The number of halogens is 3. The summed E-state index contributed by atoms with van der Waals surface area (Å²) in [6, 6.07) is 0. The van der Waals surface area contributed by atoms with Crippen LogP contribution in [0.3, 0.4) is 0 Å². The molecule has 0 saturated heterocycles. The van der Waals surface area contributed by atoms with Crippen LogP contribution in [0.2, 0.25) is 0 Å². The van der Waals surface area contributed by atoms with Gasteiger partial charge in [-0.25, -0.2) is 0 Å². The minimum atomic E-state index is 0. The Morgan fingerprint density at radius 3 is 0.600 bits per heavy atom. The summed E-state index contributed by atoms with van der Waals surface area (Å²) in [5.41, 5.74) is 0. The first-order chi connectivity index (χ1) is 0. The largest absolute Gasteiger partial charge is 3.00 e. The number of hydrogen-bond donors (Lipinski definition) is 0. The van der Waals surface area contributed by atoms with E-state index in [1.807, 2.05) is 0 Å². The van der Waals surface area contributed by atoms with E-state index in [1.54, 1.807) is 0 Å². The topological polar surface area (TPSA) is 31.5 Å². The third-order valence-electron chi connectivity index (χ3n) is 0. The maximum Gasteiger partial charge on any atom is 3.00 e. The molecule has 0 aliphatic carbocycles. The smallest absolute Gasteiger partial charge is 1.00 e. The van der Waals surface area contributed by atoms with Crippen molar-refractivity contribution >= 4 is 0 Å². The van der Waals surface area contributed by atoms with Crippen molar-refractivity contribution in [1.29, 1.82) is 0 Å². The second kappa shape index (κ2) is 43.2. The SMILES string of the molecule is O.[Cl-].[Cl-].[Cl-].[Zr+3]. The molecule has 0 fully saturated rings. The Hall–Kier alpha value is 1.71. The van der Waals surface area contributed by atoms with Gasteiger partial charge in [-0.15, -0.1) is 0 Å². The van der Waals surface area contributed by atoms with Crippen LogP contribution in [0, 0.1) is 0 Å². The number of hydrogen-bond acceptors (Lipinski definition) is 0. The van der Waals surface area contributed by atoms with Crippen LogP contribution in [0.5, 0.6) is 0 Å². The van der Waals surface area contributed by atoms with Crippen LogP contribution in [0.15, 0.2) is 0 Å². The maximum absolute atomic E-state index is 0. The van der Waals surface area contributed by atoms with Gasteiger partial charge in [0, 0.05) is 0 Å². The van der Waals surface area contributed by atoms with E-state index in [0.717, 1.165) is 0 Å². The van der Waals surface area contributed by atoms with Gasteiger partial charge in [-0.3, -0.25) is 0 Å². The third-order valence-corrected chi connectivity index (χ3v) is 0. The van der Waals surface area contributed by atoms with Crippen LogP contribution in [0.4, 0.5) is 0 Å². The quantitative estimate of drug-likeness (QED) is 0.385. The molecule has 1 nitrogen and oxygen atoms in total. The second-order valence-corrected chi connectivity index (χ2v) is 0. The summed E-state index contributed by atoms with van der Waals surface area (Å²) in [6.07, 6.45) is 0. The predicted octanol–water partition coefficient (Wildman–Crippen LogP) is -9.82. The van der Waals surface area contributed by atoms with E-state index in [4.69, 9.17) is 0 Å². The molecule has 1 radical (unpaired) electrons. The molecule has 0 rings (SSSR count). The summed E-state index contributed by atoms with van der Waals surface area (Å²) in [6.45, 7) is 0. The van der Waals surface area contributed by atoms with E-state index in [2.05, 4.69) is 0 Å². The first kappa shape index (κ1) is 74.7. The zero-order valence-electron chi connectivity index (χ0n) is 2.13. The molecule has 0 aromatic heterocycles. The van der Waals surface area contributed by atoms with E-state index >= 15 is 0 Å². The van der Waals surface area contributed by atoms with Crippen molar-refractivity contribution in [2.24, 2.45) is 0 Å². The Morgan fingerprint density at radius 2 is 0.600 bits per heavy atom. The van der Waals surface area contributed by atoms with Gasteiger partial charge in [0.15, 0.2) is 0 Å². The molecular weight excluding hydrogens is 214 g/mol. The Labute approximate surface area is 68.6 Å². The maximum atomic E-state index is 0. The van der Waals surface area contributed by atoms with Gasteiger partial charge in [0.05, 0.1) is 0 Å². The molecule has 0 bridgehead atoms. The van der Waals surface area contributed by atoms with E-state index in [9.17, 15) is 0 Å². The van der Waals surface area contributed by atoms with Gasteiger partial charge in [0.25, 0.3) is 0 Å². The molecular formula is H2Cl3OZr. The minimum absolute atomic E-state index is 0. The van der Waals surface area contributed by atoms with Gasteiger partial charge >= 0.3 is 26.2 Å². The molecule has 33 valence electrons. The van der Waals surface area contributed by atoms with Gasteiger partial charge in [-0.1, -0.05) is 0 Å². The first-order valence-corrected chi connectivity index (χ1v) is 0. The summed E-state index contributed by atoms with van der Waals surface area (Å²) < 4.78 is 0. The van der Waals surface area contributed by atoms with Gasteiger partial charge < -0.3 is 42.7 Å². The fraction of sp³-hybridized carbons (Fsp3) is 0. The molecule has 0 saturated carbocycles. The van der Waals surface area contributed by atoms with Crippen LogP contribution < -0.4 is 37.2 Å². The fourth-order valence-corrected chi connectivity index (χ4v) is 0. The fourth-order valence-electron chi connectivity index (χ4n) is 0. The van der Waals surface area contributed by atoms with Crippen molar-refractivity contribution in [3.05, 3.63) is 0 Å². The molecule has 0 heterocycles. The van der Waals surface area contributed by atoms with Crippen LogP contribution in [0.1, 0.15) is 0 Å². The van der Waals surface area contributed by atoms with Crippen LogP contribution >= 0.6 is 0 Å². The van der Waals surface area contributed by atoms with Gasteiger partial charge in [-0.05, 0) is 0 Å². The molecule has 0 atom stereocenters. The standard InChI is InChI=1S/3ClH.H2O.Zr/h3*1H;1H2;/q;;;;+3/p-3. The molecule has 0 aliphatic heterocycles. The van der Waals surface area contributed by atoms with Crippen molar-refractivity contribution in [2.45, 2.75) is 0 Å². The minimum Gasteiger partial charge on any atom is -1.00 e. The summed E-state index contributed by atoms with van der Waals surface area (Å²) in [7, 11) is 0. The van der Waals surface area contributed by atoms with Crippen LogP contribution in [0.25, 0.3) is 0 Å². The molecule has 0 aliphatic rings. The third kappa shape index (κ3) is 26.8. The van der Waals surface area contributed by atoms with E-state index in [1.165, 1.54) is 0 Å². The van der Waals surface area contributed by atoms with Gasteiger partial charge in [-0.2, -0.15) is 0 Å². The zero-order chi connectivity index (χ0) is 0. The van der Waals surface area contributed by atoms with E-state index in [-0.39, 0.29) is 68.9 Å². The Balaban J connectivity index is 0. The average Bonchev–Trinajstić information content (AvgIpc) is 0. The summed E-state index contributed by atoms with van der Waals surface area (Å²) >= 11 is 0. The summed E-state index contributed by atoms with van der Waals surface area (Å²) in [5, 5.41) is 0. The van der Waals surface area contributed by atoms with Crippen molar-refractivity contribution in [3.8, 4) is 0 Å². The molecule has 0 amide bonds. The van der Waals surface area contributed by atoms with Crippen molar-refractivity contribution in [2.75, 3.05) is 0 Å². The molecule has 0 spiro atoms. The number of rotatable bonds is 0. The summed E-state index contributed by atoms with van der Waals surface area (Å²) in [4.78, 5) is 0.